The fourth-order valence-corrected chi connectivity index (χ4v) is 1.58. The van der Waals surface area contributed by atoms with E-state index >= 15 is 0 Å². The van der Waals surface area contributed by atoms with Crippen LogP contribution in [-0.2, 0) is 0 Å². The molecule has 1 heterocycles. The summed E-state index contributed by atoms with van der Waals surface area (Å²) in [6.45, 7) is 2.81. The van der Waals surface area contributed by atoms with Crippen molar-refractivity contribution in [3.63, 3.8) is 0 Å². The molecule has 0 bridgehead atoms. The molecule has 0 spiro atoms. The van der Waals surface area contributed by atoms with E-state index < -0.39 is 39.8 Å². The molecule has 0 N–H and O–H groups in total. The minimum Gasteiger partial charge on any atom is -0.491 e. The van der Waals surface area contributed by atoms with Crippen LogP contribution < -0.4 is 10.4 Å². The van der Waals surface area contributed by atoms with Crippen LogP contribution in [-0.4, -0.2) is 6.61 Å². The van der Waals surface area contributed by atoms with Crippen molar-refractivity contribution >= 4 is 11.0 Å². The Morgan fingerprint density at radius 3 is 2.50 bits per heavy atom. The van der Waals surface area contributed by atoms with Crippen LogP contribution in [0.5, 0.6) is 5.75 Å². The molecule has 2 aromatic rings. The van der Waals surface area contributed by atoms with Crippen molar-refractivity contribution in [3.8, 4) is 5.75 Å². The summed E-state index contributed by atoms with van der Waals surface area (Å²) in [6.07, 6.45) is 0. The maximum Gasteiger partial charge on any atom is 0.342 e. The van der Waals surface area contributed by atoms with Crippen LogP contribution in [0.2, 0.25) is 0 Å². The van der Waals surface area contributed by atoms with Gasteiger partial charge in [0.1, 0.15) is 11.4 Å². The summed E-state index contributed by atoms with van der Waals surface area (Å²) in [5.41, 5.74) is -1.72. The molecule has 96 valence electrons. The molecule has 0 fully saturated rings. The quantitative estimate of drug-likeness (QED) is 0.777. The molecule has 1 aromatic carbocycles. The van der Waals surface area contributed by atoms with Gasteiger partial charge in [-0.2, -0.15) is 4.39 Å². The molecular formula is C12H9F3O3. The van der Waals surface area contributed by atoms with E-state index in [1.54, 1.807) is 6.92 Å². The standard InChI is InChI=1S/C12H9F3O3/c1-3-17-7-4-6-8(11(15)10(7)14)9(13)5(2)12(16)18-6/h4H,3H2,1-2H3. The monoisotopic (exact) mass is 258 g/mol. The number of halogens is 3. The molecule has 0 saturated heterocycles. The fourth-order valence-electron chi connectivity index (χ4n) is 1.58. The smallest absolute Gasteiger partial charge is 0.342 e. The van der Waals surface area contributed by atoms with E-state index in [4.69, 9.17) is 9.15 Å². The summed E-state index contributed by atoms with van der Waals surface area (Å²) in [7, 11) is 0. The molecule has 0 radical (unpaired) electrons. The van der Waals surface area contributed by atoms with Crippen molar-refractivity contribution in [3.05, 3.63) is 39.5 Å². The highest BCUT2D eigenvalue weighted by molar-refractivity contribution is 5.80. The van der Waals surface area contributed by atoms with Crippen molar-refractivity contribution in [1.82, 2.24) is 0 Å². The van der Waals surface area contributed by atoms with E-state index in [1.807, 2.05) is 0 Å². The average Bonchev–Trinajstić information content (AvgIpc) is 2.33. The maximum absolute atomic E-state index is 13.7. The lowest BCUT2D eigenvalue weighted by Crippen LogP contribution is -2.08. The van der Waals surface area contributed by atoms with Gasteiger partial charge in [-0.1, -0.05) is 0 Å². The molecule has 0 aliphatic rings. The Balaban J connectivity index is 2.91. The molecule has 0 aliphatic heterocycles. The highest BCUT2D eigenvalue weighted by Crippen LogP contribution is 2.30. The molecule has 18 heavy (non-hydrogen) atoms. The zero-order valence-corrected chi connectivity index (χ0v) is 9.64. The Hall–Kier alpha value is -1.98. The van der Waals surface area contributed by atoms with Gasteiger partial charge in [0.2, 0.25) is 5.82 Å². The third-order valence-corrected chi connectivity index (χ3v) is 2.49. The Morgan fingerprint density at radius 1 is 1.22 bits per heavy atom. The van der Waals surface area contributed by atoms with E-state index in [0.717, 1.165) is 13.0 Å². The first kappa shape index (κ1) is 12.5. The van der Waals surface area contributed by atoms with Gasteiger partial charge in [0.05, 0.1) is 17.6 Å². The largest absolute Gasteiger partial charge is 0.491 e. The van der Waals surface area contributed by atoms with Gasteiger partial charge in [-0.15, -0.1) is 0 Å². The van der Waals surface area contributed by atoms with Crippen LogP contribution in [0.15, 0.2) is 15.3 Å². The third kappa shape index (κ3) is 1.73. The first-order valence-electron chi connectivity index (χ1n) is 5.21. The Labute approximate surface area is 99.8 Å². The average molecular weight is 258 g/mol. The number of benzene rings is 1. The van der Waals surface area contributed by atoms with Gasteiger partial charge in [0, 0.05) is 6.07 Å². The van der Waals surface area contributed by atoms with Gasteiger partial charge in [0.25, 0.3) is 0 Å². The molecule has 0 saturated carbocycles. The van der Waals surface area contributed by atoms with Crippen LogP contribution in [0.25, 0.3) is 11.0 Å². The van der Waals surface area contributed by atoms with Gasteiger partial charge in [-0.25, -0.2) is 13.6 Å². The molecule has 1 aromatic heterocycles. The van der Waals surface area contributed by atoms with Crippen molar-refractivity contribution < 1.29 is 22.3 Å². The minimum absolute atomic E-state index is 0.0977. The van der Waals surface area contributed by atoms with Gasteiger partial charge < -0.3 is 9.15 Å². The molecular weight excluding hydrogens is 249 g/mol. The topological polar surface area (TPSA) is 39.4 Å². The molecule has 0 unspecified atom stereocenters. The number of ether oxygens (including phenoxy) is 1. The fraction of sp³-hybridized carbons (Fsp3) is 0.250. The summed E-state index contributed by atoms with van der Waals surface area (Å²) < 4.78 is 50.5. The van der Waals surface area contributed by atoms with Crippen LogP contribution in [0.4, 0.5) is 13.2 Å². The second kappa shape index (κ2) is 4.36. The Morgan fingerprint density at radius 2 is 1.89 bits per heavy atom. The van der Waals surface area contributed by atoms with Gasteiger partial charge in [-0.3, -0.25) is 0 Å². The predicted octanol–water partition coefficient (Wildman–Crippen LogP) is 2.92. The second-order valence-electron chi connectivity index (χ2n) is 3.64. The van der Waals surface area contributed by atoms with Gasteiger partial charge in [-0.05, 0) is 13.8 Å². The van der Waals surface area contributed by atoms with E-state index in [1.165, 1.54) is 0 Å². The summed E-state index contributed by atoms with van der Waals surface area (Å²) in [6, 6.07) is 0.959. The minimum atomic E-state index is -1.43. The second-order valence-corrected chi connectivity index (χ2v) is 3.64. The molecule has 0 atom stereocenters. The van der Waals surface area contributed by atoms with Crippen LogP contribution >= 0.6 is 0 Å². The van der Waals surface area contributed by atoms with Crippen molar-refractivity contribution in [2.75, 3.05) is 6.61 Å². The third-order valence-electron chi connectivity index (χ3n) is 2.49. The van der Waals surface area contributed by atoms with Crippen LogP contribution in [0, 0.1) is 24.4 Å². The molecule has 2 rings (SSSR count). The van der Waals surface area contributed by atoms with Gasteiger partial charge >= 0.3 is 5.63 Å². The zero-order valence-electron chi connectivity index (χ0n) is 9.64. The maximum atomic E-state index is 13.7. The number of hydrogen-bond acceptors (Lipinski definition) is 3. The number of hydrogen-bond donors (Lipinski definition) is 0. The van der Waals surface area contributed by atoms with E-state index in [2.05, 4.69) is 0 Å². The highest BCUT2D eigenvalue weighted by Gasteiger charge is 2.21. The Kier molecular flexibility index (Phi) is 3.02. The highest BCUT2D eigenvalue weighted by atomic mass is 19.2. The normalized spacial score (nSPS) is 10.9. The lowest BCUT2D eigenvalue weighted by Gasteiger charge is -2.08. The lowest BCUT2D eigenvalue weighted by atomic mass is 10.1. The van der Waals surface area contributed by atoms with Crippen molar-refractivity contribution in [2.45, 2.75) is 13.8 Å². The molecule has 0 aliphatic carbocycles. The summed E-state index contributed by atoms with van der Waals surface area (Å²) in [5, 5.41) is -0.687. The van der Waals surface area contributed by atoms with Crippen LogP contribution in [0.3, 0.4) is 0 Å². The van der Waals surface area contributed by atoms with Crippen molar-refractivity contribution in [1.29, 1.82) is 0 Å². The Bertz CT molecular complexity index is 677. The molecule has 3 nitrogen and oxygen atoms in total. The predicted molar refractivity (Wildman–Crippen MR) is 58.3 cm³/mol. The van der Waals surface area contributed by atoms with E-state index in [9.17, 15) is 18.0 Å². The van der Waals surface area contributed by atoms with Crippen molar-refractivity contribution in [2.24, 2.45) is 0 Å². The van der Waals surface area contributed by atoms with Crippen LogP contribution in [0.1, 0.15) is 12.5 Å². The lowest BCUT2D eigenvalue weighted by molar-refractivity contribution is 0.314. The van der Waals surface area contributed by atoms with Gasteiger partial charge in [0.15, 0.2) is 11.6 Å². The first-order valence-corrected chi connectivity index (χ1v) is 5.21. The summed E-state index contributed by atoms with van der Waals surface area (Å²) in [5.74, 6) is -4.29. The first-order chi connectivity index (χ1) is 8.47. The SMILES string of the molecule is CCOc1cc2oc(=O)c(C)c(F)c2c(F)c1F. The summed E-state index contributed by atoms with van der Waals surface area (Å²) >= 11 is 0. The zero-order chi connectivity index (χ0) is 13.4. The number of fused-ring (bicyclic) bond motifs is 1. The van der Waals surface area contributed by atoms with E-state index in [0.29, 0.717) is 0 Å². The van der Waals surface area contributed by atoms with E-state index in [-0.39, 0.29) is 12.2 Å². The molecule has 6 heteroatoms. The molecule has 0 amide bonds. The number of rotatable bonds is 2. The summed E-state index contributed by atoms with van der Waals surface area (Å²) in [4.78, 5) is 11.3.